The number of nitrogens with zero attached hydrogens (tertiary/aromatic N) is 1. The first-order valence-corrected chi connectivity index (χ1v) is 6.88. The number of benzene rings is 2. The molecule has 0 unspecified atom stereocenters. The van der Waals surface area contributed by atoms with Crippen LogP contribution in [0, 0.1) is 0 Å². The summed E-state index contributed by atoms with van der Waals surface area (Å²) in [4.78, 5) is 4.32. The van der Waals surface area contributed by atoms with Gasteiger partial charge in [-0.2, -0.15) is 0 Å². The third-order valence-electron chi connectivity index (χ3n) is 3.16. The minimum atomic E-state index is -0.760. The summed E-state index contributed by atoms with van der Waals surface area (Å²) in [6.45, 7) is 0. The molecular formula is C16H11Cl2NO. The SMILES string of the molecule is O[C@@H](c1cccc(Cl)c1)c1cnc2c(Cl)cccc2c1. The monoisotopic (exact) mass is 303 g/mol. The number of para-hydroxylation sites is 1. The molecule has 3 rings (SSSR count). The Bertz CT molecular complexity index is 773. The van der Waals surface area contributed by atoms with Crippen molar-refractivity contribution >= 4 is 34.1 Å². The zero-order valence-corrected chi connectivity index (χ0v) is 11.9. The van der Waals surface area contributed by atoms with Gasteiger partial charge in [0.1, 0.15) is 6.10 Å². The lowest BCUT2D eigenvalue weighted by molar-refractivity contribution is 0.220. The van der Waals surface area contributed by atoms with E-state index in [0.29, 0.717) is 15.6 Å². The Morgan fingerprint density at radius 1 is 0.950 bits per heavy atom. The van der Waals surface area contributed by atoms with Gasteiger partial charge in [-0.25, -0.2) is 0 Å². The summed E-state index contributed by atoms with van der Waals surface area (Å²) in [6.07, 6.45) is 0.879. The number of hydrogen-bond donors (Lipinski definition) is 1. The van der Waals surface area contributed by atoms with E-state index >= 15 is 0 Å². The topological polar surface area (TPSA) is 33.1 Å². The summed E-state index contributed by atoms with van der Waals surface area (Å²) in [5, 5.41) is 12.5. The van der Waals surface area contributed by atoms with Crippen LogP contribution in [0.25, 0.3) is 10.9 Å². The number of aliphatic hydroxyl groups is 1. The first kappa shape index (κ1) is 13.4. The molecule has 0 aliphatic heterocycles. The van der Waals surface area contributed by atoms with Crippen molar-refractivity contribution in [3.8, 4) is 0 Å². The second-order valence-electron chi connectivity index (χ2n) is 4.54. The fraction of sp³-hybridized carbons (Fsp3) is 0.0625. The van der Waals surface area contributed by atoms with Crippen molar-refractivity contribution in [1.82, 2.24) is 4.98 Å². The van der Waals surface area contributed by atoms with Crippen molar-refractivity contribution in [2.75, 3.05) is 0 Å². The molecule has 2 aromatic carbocycles. The van der Waals surface area contributed by atoms with Crippen LogP contribution in [0.4, 0.5) is 0 Å². The van der Waals surface area contributed by atoms with Crippen LogP contribution < -0.4 is 0 Å². The van der Waals surface area contributed by atoms with E-state index < -0.39 is 6.10 Å². The largest absolute Gasteiger partial charge is 0.384 e. The normalized spacial score (nSPS) is 12.6. The van der Waals surface area contributed by atoms with E-state index in [1.165, 1.54) is 0 Å². The van der Waals surface area contributed by atoms with Crippen molar-refractivity contribution in [3.63, 3.8) is 0 Å². The number of fused-ring (bicyclic) bond motifs is 1. The van der Waals surface area contributed by atoms with Crippen molar-refractivity contribution in [2.24, 2.45) is 0 Å². The maximum atomic E-state index is 10.4. The fourth-order valence-corrected chi connectivity index (χ4v) is 2.59. The molecule has 0 aliphatic carbocycles. The molecule has 100 valence electrons. The maximum absolute atomic E-state index is 10.4. The van der Waals surface area contributed by atoms with Crippen molar-refractivity contribution in [1.29, 1.82) is 0 Å². The molecule has 0 radical (unpaired) electrons. The summed E-state index contributed by atoms with van der Waals surface area (Å²) < 4.78 is 0. The van der Waals surface area contributed by atoms with Gasteiger partial charge in [-0.1, -0.05) is 47.5 Å². The Morgan fingerprint density at radius 2 is 1.75 bits per heavy atom. The second kappa shape index (κ2) is 5.41. The predicted octanol–water partition coefficient (Wildman–Crippen LogP) is 4.62. The van der Waals surface area contributed by atoms with Gasteiger partial charge in [0, 0.05) is 22.2 Å². The third-order valence-corrected chi connectivity index (χ3v) is 3.70. The molecule has 1 N–H and O–H groups in total. The van der Waals surface area contributed by atoms with Gasteiger partial charge in [0.05, 0.1) is 10.5 Å². The minimum absolute atomic E-state index is 0.596. The lowest BCUT2D eigenvalue weighted by Crippen LogP contribution is -2.00. The first-order chi connectivity index (χ1) is 9.65. The molecule has 0 spiro atoms. The van der Waals surface area contributed by atoms with Crippen LogP contribution in [0.2, 0.25) is 10.0 Å². The molecule has 1 aromatic heterocycles. The zero-order chi connectivity index (χ0) is 14.1. The van der Waals surface area contributed by atoms with Crippen LogP contribution in [0.5, 0.6) is 0 Å². The van der Waals surface area contributed by atoms with Crippen molar-refractivity contribution in [2.45, 2.75) is 6.10 Å². The average Bonchev–Trinajstić information content (AvgIpc) is 2.46. The molecule has 0 bridgehead atoms. The maximum Gasteiger partial charge on any atom is 0.106 e. The summed E-state index contributed by atoms with van der Waals surface area (Å²) in [6, 6.07) is 14.6. The summed E-state index contributed by atoms with van der Waals surface area (Å²) in [5.74, 6) is 0. The van der Waals surface area contributed by atoms with Gasteiger partial charge in [0.15, 0.2) is 0 Å². The lowest BCUT2D eigenvalue weighted by atomic mass is 10.0. The molecule has 1 atom stereocenters. The quantitative estimate of drug-likeness (QED) is 0.749. The van der Waals surface area contributed by atoms with Crippen LogP contribution in [-0.4, -0.2) is 10.1 Å². The van der Waals surface area contributed by atoms with E-state index in [9.17, 15) is 5.11 Å². The van der Waals surface area contributed by atoms with Crippen LogP contribution in [0.3, 0.4) is 0 Å². The summed E-state index contributed by atoms with van der Waals surface area (Å²) in [7, 11) is 0. The number of aromatic nitrogens is 1. The smallest absolute Gasteiger partial charge is 0.106 e. The summed E-state index contributed by atoms with van der Waals surface area (Å²) in [5.41, 5.74) is 2.18. The van der Waals surface area contributed by atoms with Gasteiger partial charge < -0.3 is 5.11 Å². The number of pyridine rings is 1. The zero-order valence-electron chi connectivity index (χ0n) is 10.4. The highest BCUT2D eigenvalue weighted by atomic mass is 35.5. The number of hydrogen-bond acceptors (Lipinski definition) is 2. The Morgan fingerprint density at radius 3 is 2.55 bits per heavy atom. The molecule has 4 heteroatoms. The molecule has 0 aliphatic rings. The molecule has 20 heavy (non-hydrogen) atoms. The summed E-state index contributed by atoms with van der Waals surface area (Å²) >= 11 is 12.0. The number of halogens is 2. The van der Waals surface area contributed by atoms with Gasteiger partial charge in [0.25, 0.3) is 0 Å². The van der Waals surface area contributed by atoms with Crippen molar-refractivity contribution in [3.05, 3.63) is 75.9 Å². The van der Waals surface area contributed by atoms with E-state index in [1.807, 2.05) is 30.3 Å². The van der Waals surface area contributed by atoms with Gasteiger partial charge in [0.2, 0.25) is 0 Å². The molecule has 1 heterocycles. The second-order valence-corrected chi connectivity index (χ2v) is 5.38. The Hall–Kier alpha value is -1.61. The van der Waals surface area contributed by atoms with E-state index in [1.54, 1.807) is 24.4 Å². The van der Waals surface area contributed by atoms with E-state index in [4.69, 9.17) is 23.2 Å². The van der Waals surface area contributed by atoms with E-state index in [-0.39, 0.29) is 0 Å². The molecule has 0 amide bonds. The Labute approximate surface area is 126 Å². The van der Waals surface area contributed by atoms with E-state index in [2.05, 4.69) is 4.98 Å². The molecule has 2 nitrogen and oxygen atoms in total. The molecule has 3 aromatic rings. The van der Waals surface area contributed by atoms with Gasteiger partial charge in [-0.05, 0) is 29.8 Å². The van der Waals surface area contributed by atoms with Crippen LogP contribution in [-0.2, 0) is 0 Å². The predicted molar refractivity (Wildman–Crippen MR) is 82.3 cm³/mol. The van der Waals surface area contributed by atoms with Gasteiger partial charge in [-0.3, -0.25) is 4.98 Å². The van der Waals surface area contributed by atoms with Gasteiger partial charge >= 0.3 is 0 Å². The lowest BCUT2D eigenvalue weighted by Gasteiger charge is -2.12. The Balaban J connectivity index is 2.06. The molecule has 0 saturated carbocycles. The minimum Gasteiger partial charge on any atom is -0.384 e. The first-order valence-electron chi connectivity index (χ1n) is 6.13. The third kappa shape index (κ3) is 2.50. The molecular weight excluding hydrogens is 293 g/mol. The highest BCUT2D eigenvalue weighted by Gasteiger charge is 2.12. The van der Waals surface area contributed by atoms with Crippen LogP contribution in [0.15, 0.2) is 54.7 Å². The molecule has 0 fully saturated rings. The van der Waals surface area contributed by atoms with Crippen LogP contribution in [0.1, 0.15) is 17.2 Å². The Kier molecular flexibility index (Phi) is 3.62. The van der Waals surface area contributed by atoms with Crippen LogP contribution >= 0.6 is 23.2 Å². The number of aliphatic hydroxyl groups excluding tert-OH is 1. The van der Waals surface area contributed by atoms with E-state index in [0.717, 1.165) is 16.5 Å². The highest BCUT2D eigenvalue weighted by Crippen LogP contribution is 2.28. The van der Waals surface area contributed by atoms with Crippen molar-refractivity contribution < 1.29 is 5.11 Å². The highest BCUT2D eigenvalue weighted by molar-refractivity contribution is 6.35. The van der Waals surface area contributed by atoms with Gasteiger partial charge in [-0.15, -0.1) is 0 Å². The fourth-order valence-electron chi connectivity index (χ4n) is 2.16. The standard InChI is InChI=1S/C16H11Cl2NO/c17-13-5-1-4-11(8-13)16(20)12-7-10-3-2-6-14(18)15(10)19-9-12/h1-9,16,20H/t16-/m0/s1. The number of rotatable bonds is 2. The molecule has 0 saturated heterocycles. The average molecular weight is 304 g/mol.